The van der Waals surface area contributed by atoms with Gasteiger partial charge in [-0.05, 0) is 37.5 Å². The van der Waals surface area contributed by atoms with Crippen molar-refractivity contribution in [1.82, 2.24) is 14.5 Å². The van der Waals surface area contributed by atoms with Crippen LogP contribution in [0.15, 0.2) is 12.1 Å². The molecule has 1 N–H and O–H groups in total. The molecule has 110 valence electrons. The van der Waals surface area contributed by atoms with E-state index in [-0.39, 0.29) is 0 Å². The molecule has 0 amide bonds. The molecule has 5 heteroatoms. The highest BCUT2D eigenvalue weighted by molar-refractivity contribution is 7.71. The second kappa shape index (κ2) is 6.39. The summed E-state index contributed by atoms with van der Waals surface area (Å²) >= 11 is 5.44. The summed E-state index contributed by atoms with van der Waals surface area (Å²) in [5.41, 5.74) is 1.85. The lowest BCUT2D eigenvalue weighted by Gasteiger charge is -2.15. The summed E-state index contributed by atoms with van der Waals surface area (Å²) in [4.78, 5) is 7.74. The number of hydrogen-bond acceptors (Lipinski definition) is 3. The minimum Gasteiger partial charge on any atom is -0.481 e. The van der Waals surface area contributed by atoms with Crippen LogP contribution >= 0.6 is 12.2 Å². The molecule has 1 unspecified atom stereocenters. The maximum atomic E-state index is 5.44. The Kier molecular flexibility index (Phi) is 4.81. The Labute approximate surface area is 125 Å². The fourth-order valence-electron chi connectivity index (χ4n) is 2.46. The number of aromatic amines is 1. The maximum absolute atomic E-state index is 5.44. The summed E-state index contributed by atoms with van der Waals surface area (Å²) in [6.45, 7) is 6.72. The molecule has 1 atom stereocenters. The maximum Gasteiger partial charge on any atom is 0.215 e. The van der Waals surface area contributed by atoms with Crippen LogP contribution < -0.4 is 4.74 Å². The van der Waals surface area contributed by atoms with Crippen molar-refractivity contribution < 1.29 is 4.74 Å². The van der Waals surface area contributed by atoms with Crippen molar-refractivity contribution in [2.45, 2.75) is 46.1 Å². The van der Waals surface area contributed by atoms with Crippen molar-refractivity contribution in [2.75, 3.05) is 7.11 Å². The summed E-state index contributed by atoms with van der Waals surface area (Å²) < 4.78 is 8.05. The predicted molar refractivity (Wildman–Crippen MR) is 84.9 cm³/mol. The molecule has 0 aliphatic heterocycles. The van der Waals surface area contributed by atoms with Crippen molar-refractivity contribution in [1.29, 1.82) is 0 Å². The van der Waals surface area contributed by atoms with Gasteiger partial charge < -0.3 is 9.72 Å². The van der Waals surface area contributed by atoms with E-state index in [4.69, 9.17) is 17.0 Å². The highest BCUT2D eigenvalue weighted by atomic mass is 32.1. The predicted octanol–water partition coefficient (Wildman–Crippen LogP) is 4.49. The van der Waals surface area contributed by atoms with Gasteiger partial charge in [0.15, 0.2) is 10.4 Å². The molecule has 0 aliphatic rings. The van der Waals surface area contributed by atoms with Gasteiger partial charge in [0.1, 0.15) is 0 Å². The first-order valence-corrected chi connectivity index (χ1v) is 7.59. The molecular formula is C15H23N3OS. The molecule has 0 spiro atoms. The van der Waals surface area contributed by atoms with Gasteiger partial charge in [0.05, 0.1) is 12.6 Å². The van der Waals surface area contributed by atoms with E-state index in [0.717, 1.165) is 28.3 Å². The molecule has 20 heavy (non-hydrogen) atoms. The molecule has 0 saturated carbocycles. The van der Waals surface area contributed by atoms with Gasteiger partial charge in [0.25, 0.3) is 0 Å². The molecule has 2 rings (SSSR count). The molecule has 2 heterocycles. The standard InChI is InChI=1S/C15H23N3OS/c1-10(2)6-5-7-11(3)18-14-12(16-15(18)20)8-9-13(17-14)19-4/h8-11H,5-7H2,1-4H3,(H,16,20). The van der Waals surface area contributed by atoms with Crippen molar-refractivity contribution >= 4 is 23.4 Å². The number of rotatable bonds is 6. The molecule has 0 bridgehead atoms. The first kappa shape index (κ1) is 15.0. The van der Waals surface area contributed by atoms with Gasteiger partial charge in [-0.2, -0.15) is 4.98 Å². The molecule has 2 aromatic rings. The third kappa shape index (κ3) is 3.20. The zero-order valence-corrected chi connectivity index (χ0v) is 13.5. The fourth-order valence-corrected chi connectivity index (χ4v) is 2.83. The number of hydrogen-bond donors (Lipinski definition) is 1. The van der Waals surface area contributed by atoms with Crippen LogP contribution in [0.25, 0.3) is 11.2 Å². The molecule has 0 saturated heterocycles. The van der Waals surface area contributed by atoms with Gasteiger partial charge in [-0.1, -0.05) is 26.7 Å². The summed E-state index contributed by atoms with van der Waals surface area (Å²) in [6, 6.07) is 4.16. The molecule has 2 aromatic heterocycles. The Bertz CT molecular complexity index is 630. The van der Waals surface area contributed by atoms with Gasteiger partial charge in [-0.3, -0.25) is 4.57 Å². The quantitative estimate of drug-likeness (QED) is 0.798. The third-order valence-corrected chi connectivity index (χ3v) is 3.89. The number of imidazole rings is 1. The van der Waals surface area contributed by atoms with Crippen LogP contribution in [0.2, 0.25) is 0 Å². The number of pyridine rings is 1. The summed E-state index contributed by atoms with van der Waals surface area (Å²) in [5, 5.41) is 0. The monoisotopic (exact) mass is 293 g/mol. The van der Waals surface area contributed by atoms with E-state index in [2.05, 4.69) is 35.3 Å². The Morgan fingerprint density at radius 1 is 1.30 bits per heavy atom. The van der Waals surface area contributed by atoms with Crippen LogP contribution in [-0.2, 0) is 0 Å². The Balaban J connectivity index is 2.27. The number of H-pyrrole nitrogens is 1. The van der Waals surface area contributed by atoms with Crippen LogP contribution in [0.4, 0.5) is 0 Å². The highest BCUT2D eigenvalue weighted by Crippen LogP contribution is 2.24. The number of aromatic nitrogens is 3. The van der Waals surface area contributed by atoms with E-state index in [1.807, 2.05) is 12.1 Å². The molecule has 0 fully saturated rings. The summed E-state index contributed by atoms with van der Waals surface area (Å²) in [5.74, 6) is 1.37. The lowest BCUT2D eigenvalue weighted by Crippen LogP contribution is -2.07. The topological polar surface area (TPSA) is 42.8 Å². The number of ether oxygens (including phenoxy) is 1. The van der Waals surface area contributed by atoms with Crippen molar-refractivity contribution in [3.63, 3.8) is 0 Å². The van der Waals surface area contributed by atoms with Gasteiger partial charge in [0, 0.05) is 12.1 Å². The molecule has 0 aromatic carbocycles. The average Bonchev–Trinajstić information content (AvgIpc) is 2.72. The third-order valence-electron chi connectivity index (χ3n) is 3.59. The van der Waals surface area contributed by atoms with E-state index < -0.39 is 0 Å². The van der Waals surface area contributed by atoms with E-state index in [1.54, 1.807) is 7.11 Å². The number of nitrogens with zero attached hydrogens (tertiary/aromatic N) is 2. The van der Waals surface area contributed by atoms with Crippen LogP contribution in [0, 0.1) is 10.7 Å². The van der Waals surface area contributed by atoms with Crippen molar-refractivity contribution in [2.24, 2.45) is 5.92 Å². The normalized spacial score (nSPS) is 13.1. The summed E-state index contributed by atoms with van der Waals surface area (Å²) in [6.07, 6.45) is 3.56. The van der Waals surface area contributed by atoms with Crippen LogP contribution in [0.5, 0.6) is 5.88 Å². The Morgan fingerprint density at radius 3 is 2.70 bits per heavy atom. The molecule has 0 radical (unpaired) electrons. The highest BCUT2D eigenvalue weighted by Gasteiger charge is 2.13. The van der Waals surface area contributed by atoms with Gasteiger partial charge >= 0.3 is 0 Å². The van der Waals surface area contributed by atoms with E-state index in [9.17, 15) is 0 Å². The lowest BCUT2D eigenvalue weighted by atomic mass is 10.0. The number of fused-ring (bicyclic) bond motifs is 1. The van der Waals surface area contributed by atoms with Crippen LogP contribution in [-0.4, -0.2) is 21.6 Å². The summed E-state index contributed by atoms with van der Waals surface area (Å²) in [7, 11) is 1.63. The lowest BCUT2D eigenvalue weighted by molar-refractivity contribution is 0.397. The van der Waals surface area contributed by atoms with Gasteiger partial charge in [0.2, 0.25) is 5.88 Å². The van der Waals surface area contributed by atoms with Crippen LogP contribution in [0.3, 0.4) is 0 Å². The van der Waals surface area contributed by atoms with Gasteiger partial charge in [-0.25, -0.2) is 0 Å². The van der Waals surface area contributed by atoms with Gasteiger partial charge in [-0.15, -0.1) is 0 Å². The average molecular weight is 293 g/mol. The Hall–Kier alpha value is -1.36. The van der Waals surface area contributed by atoms with E-state index >= 15 is 0 Å². The minimum atomic E-state index is 0.342. The second-order valence-electron chi connectivity index (χ2n) is 5.70. The zero-order chi connectivity index (χ0) is 14.7. The van der Waals surface area contributed by atoms with E-state index in [0.29, 0.717) is 11.9 Å². The fraction of sp³-hybridized carbons (Fsp3) is 0.600. The number of nitrogens with one attached hydrogen (secondary N) is 1. The second-order valence-corrected chi connectivity index (χ2v) is 6.09. The molecule has 0 aliphatic carbocycles. The first-order chi connectivity index (χ1) is 9.52. The molecule has 4 nitrogen and oxygen atoms in total. The molecular weight excluding hydrogens is 270 g/mol. The minimum absolute atomic E-state index is 0.342. The SMILES string of the molecule is COc1ccc2[nH]c(=S)n(C(C)CCCC(C)C)c2n1. The Morgan fingerprint density at radius 2 is 2.05 bits per heavy atom. The van der Waals surface area contributed by atoms with Crippen molar-refractivity contribution in [3.05, 3.63) is 16.9 Å². The van der Waals surface area contributed by atoms with E-state index in [1.165, 1.54) is 12.8 Å². The van der Waals surface area contributed by atoms with Crippen LogP contribution in [0.1, 0.15) is 46.1 Å². The zero-order valence-electron chi connectivity index (χ0n) is 12.6. The van der Waals surface area contributed by atoms with Crippen molar-refractivity contribution in [3.8, 4) is 5.88 Å². The smallest absolute Gasteiger partial charge is 0.215 e. The first-order valence-electron chi connectivity index (χ1n) is 7.18. The largest absolute Gasteiger partial charge is 0.481 e. The number of methoxy groups -OCH3 is 1.